The van der Waals surface area contributed by atoms with Gasteiger partial charge in [0.1, 0.15) is 12.4 Å². The van der Waals surface area contributed by atoms with Gasteiger partial charge in [-0.3, -0.25) is 10.2 Å². The number of amides is 1. The molecule has 5 heteroatoms. The molecule has 0 unspecified atom stereocenters. The molecule has 0 spiro atoms. The van der Waals surface area contributed by atoms with Crippen molar-refractivity contribution in [3.63, 3.8) is 0 Å². The van der Waals surface area contributed by atoms with E-state index in [9.17, 15) is 4.79 Å². The molecule has 1 amide bonds. The van der Waals surface area contributed by atoms with Crippen LogP contribution in [0.3, 0.4) is 0 Å². The van der Waals surface area contributed by atoms with Crippen LogP contribution in [-0.2, 0) is 6.61 Å². The maximum absolute atomic E-state index is 11.3. The molecule has 0 aromatic heterocycles. The summed E-state index contributed by atoms with van der Waals surface area (Å²) in [4.78, 5) is 11.3. The van der Waals surface area contributed by atoms with Gasteiger partial charge in [0.15, 0.2) is 0 Å². The van der Waals surface area contributed by atoms with Crippen LogP contribution in [0.15, 0.2) is 48.5 Å². The SMILES string of the molecule is NNC(=O)c1ccc(OCc2ccccc2)c(Cl)c1. The summed E-state index contributed by atoms with van der Waals surface area (Å²) in [5, 5.41) is 0.372. The van der Waals surface area contributed by atoms with Crippen LogP contribution in [0, 0.1) is 0 Å². The molecule has 0 radical (unpaired) electrons. The number of halogens is 1. The van der Waals surface area contributed by atoms with E-state index < -0.39 is 5.91 Å². The van der Waals surface area contributed by atoms with Crippen molar-refractivity contribution in [3.8, 4) is 5.75 Å². The Hall–Kier alpha value is -2.04. The largest absolute Gasteiger partial charge is 0.487 e. The van der Waals surface area contributed by atoms with Crippen molar-refractivity contribution in [1.82, 2.24) is 5.43 Å². The van der Waals surface area contributed by atoms with E-state index in [1.807, 2.05) is 35.8 Å². The molecule has 0 heterocycles. The Kier molecular flexibility index (Phi) is 4.39. The van der Waals surface area contributed by atoms with E-state index in [1.54, 1.807) is 12.1 Å². The number of carbonyl (C=O) groups is 1. The van der Waals surface area contributed by atoms with Crippen molar-refractivity contribution in [2.24, 2.45) is 5.84 Å². The van der Waals surface area contributed by atoms with Crippen molar-refractivity contribution < 1.29 is 9.53 Å². The molecule has 3 N–H and O–H groups in total. The first-order valence-electron chi connectivity index (χ1n) is 5.68. The second-order valence-corrected chi connectivity index (χ2v) is 4.30. The number of nitrogen functional groups attached to an aromatic ring is 1. The zero-order chi connectivity index (χ0) is 13.7. The molecular weight excluding hydrogens is 264 g/mol. The first-order valence-corrected chi connectivity index (χ1v) is 6.05. The Morgan fingerprint density at radius 1 is 1.21 bits per heavy atom. The van der Waals surface area contributed by atoms with Crippen LogP contribution in [0.1, 0.15) is 15.9 Å². The monoisotopic (exact) mass is 276 g/mol. The van der Waals surface area contributed by atoms with E-state index in [0.717, 1.165) is 5.56 Å². The molecular formula is C14H13ClN2O2. The summed E-state index contributed by atoms with van der Waals surface area (Å²) in [5.41, 5.74) is 3.48. The van der Waals surface area contributed by atoms with Gasteiger partial charge >= 0.3 is 0 Å². The Balaban J connectivity index is 2.07. The third-order valence-corrected chi connectivity index (χ3v) is 2.86. The van der Waals surface area contributed by atoms with Crippen LogP contribution in [0.5, 0.6) is 5.75 Å². The molecule has 2 rings (SSSR count). The lowest BCUT2D eigenvalue weighted by Crippen LogP contribution is -2.29. The van der Waals surface area contributed by atoms with Gasteiger partial charge in [0.25, 0.3) is 5.91 Å². The zero-order valence-corrected chi connectivity index (χ0v) is 10.9. The fourth-order valence-electron chi connectivity index (χ4n) is 1.58. The molecule has 2 aromatic rings. The van der Waals surface area contributed by atoms with Crippen LogP contribution in [0.2, 0.25) is 5.02 Å². The van der Waals surface area contributed by atoms with Gasteiger partial charge in [0.05, 0.1) is 5.02 Å². The van der Waals surface area contributed by atoms with Gasteiger partial charge in [-0.25, -0.2) is 5.84 Å². The average molecular weight is 277 g/mol. The van der Waals surface area contributed by atoms with E-state index in [-0.39, 0.29) is 0 Å². The number of hydrogen-bond donors (Lipinski definition) is 2. The quantitative estimate of drug-likeness (QED) is 0.512. The van der Waals surface area contributed by atoms with E-state index in [2.05, 4.69) is 0 Å². The van der Waals surface area contributed by atoms with Crippen LogP contribution in [0.25, 0.3) is 0 Å². The predicted octanol–water partition coefficient (Wildman–Crippen LogP) is 2.52. The topological polar surface area (TPSA) is 64.3 Å². The number of ether oxygens (including phenoxy) is 1. The maximum atomic E-state index is 11.3. The fraction of sp³-hybridized carbons (Fsp3) is 0.0714. The lowest BCUT2D eigenvalue weighted by Gasteiger charge is -2.09. The molecule has 0 saturated heterocycles. The van der Waals surface area contributed by atoms with E-state index >= 15 is 0 Å². The summed E-state index contributed by atoms with van der Waals surface area (Å²) in [5.74, 6) is 5.19. The second-order valence-electron chi connectivity index (χ2n) is 3.89. The van der Waals surface area contributed by atoms with Gasteiger partial charge in [0, 0.05) is 5.56 Å². The minimum Gasteiger partial charge on any atom is -0.487 e. The van der Waals surface area contributed by atoms with Gasteiger partial charge in [0.2, 0.25) is 0 Å². The van der Waals surface area contributed by atoms with Crippen molar-refractivity contribution in [2.75, 3.05) is 0 Å². The normalized spacial score (nSPS) is 10.0. The molecule has 0 aliphatic carbocycles. The highest BCUT2D eigenvalue weighted by atomic mass is 35.5. The number of hydrogen-bond acceptors (Lipinski definition) is 3. The number of rotatable bonds is 4. The van der Waals surface area contributed by atoms with Crippen molar-refractivity contribution >= 4 is 17.5 Å². The van der Waals surface area contributed by atoms with Gasteiger partial charge in [-0.05, 0) is 23.8 Å². The number of benzene rings is 2. The van der Waals surface area contributed by atoms with Crippen molar-refractivity contribution in [3.05, 3.63) is 64.7 Å². The summed E-state index contributed by atoms with van der Waals surface area (Å²) < 4.78 is 5.60. The maximum Gasteiger partial charge on any atom is 0.265 e. The number of hydrazine groups is 1. The lowest BCUT2D eigenvalue weighted by atomic mass is 10.2. The number of carbonyl (C=O) groups excluding carboxylic acids is 1. The van der Waals surface area contributed by atoms with Crippen molar-refractivity contribution in [2.45, 2.75) is 6.61 Å². The van der Waals surface area contributed by atoms with Crippen LogP contribution >= 0.6 is 11.6 Å². The Morgan fingerprint density at radius 3 is 2.58 bits per heavy atom. The van der Waals surface area contributed by atoms with Gasteiger partial charge in [-0.2, -0.15) is 0 Å². The molecule has 2 aromatic carbocycles. The number of nitrogens with two attached hydrogens (primary N) is 1. The summed E-state index contributed by atoms with van der Waals surface area (Å²) in [6.45, 7) is 0.420. The van der Waals surface area contributed by atoms with Crippen LogP contribution < -0.4 is 16.0 Å². The molecule has 19 heavy (non-hydrogen) atoms. The van der Waals surface area contributed by atoms with E-state index in [4.69, 9.17) is 22.2 Å². The minimum atomic E-state index is -0.392. The smallest absolute Gasteiger partial charge is 0.265 e. The average Bonchev–Trinajstić information content (AvgIpc) is 2.46. The molecule has 98 valence electrons. The molecule has 0 fully saturated rings. The molecule has 0 saturated carbocycles. The molecule has 0 aliphatic rings. The Bertz CT molecular complexity index is 573. The molecule has 0 atom stereocenters. The highest BCUT2D eigenvalue weighted by Crippen LogP contribution is 2.26. The highest BCUT2D eigenvalue weighted by Gasteiger charge is 2.08. The third kappa shape index (κ3) is 3.47. The first kappa shape index (κ1) is 13.4. The summed E-state index contributed by atoms with van der Waals surface area (Å²) in [6, 6.07) is 14.5. The van der Waals surface area contributed by atoms with Gasteiger partial charge < -0.3 is 4.74 Å². The first-order chi connectivity index (χ1) is 9.20. The standard InChI is InChI=1S/C14H13ClN2O2/c15-12-8-11(14(18)17-16)6-7-13(12)19-9-10-4-2-1-3-5-10/h1-8H,9,16H2,(H,17,18). The van der Waals surface area contributed by atoms with Gasteiger partial charge in [-0.1, -0.05) is 41.9 Å². The molecule has 0 aliphatic heterocycles. The zero-order valence-electron chi connectivity index (χ0n) is 10.1. The molecule has 4 nitrogen and oxygen atoms in total. The highest BCUT2D eigenvalue weighted by molar-refractivity contribution is 6.32. The van der Waals surface area contributed by atoms with Crippen LogP contribution in [0.4, 0.5) is 0 Å². The van der Waals surface area contributed by atoms with Crippen molar-refractivity contribution in [1.29, 1.82) is 0 Å². The lowest BCUT2D eigenvalue weighted by molar-refractivity contribution is 0.0953. The van der Waals surface area contributed by atoms with Crippen LogP contribution in [-0.4, -0.2) is 5.91 Å². The van der Waals surface area contributed by atoms with Gasteiger partial charge in [-0.15, -0.1) is 0 Å². The predicted molar refractivity (Wildman–Crippen MR) is 73.9 cm³/mol. The molecule has 0 bridgehead atoms. The Morgan fingerprint density at radius 2 is 1.95 bits per heavy atom. The van der Waals surface area contributed by atoms with E-state index in [0.29, 0.717) is 22.9 Å². The summed E-state index contributed by atoms with van der Waals surface area (Å²) >= 11 is 6.05. The number of nitrogens with one attached hydrogen (secondary N) is 1. The minimum absolute atomic E-state index is 0.372. The summed E-state index contributed by atoms with van der Waals surface area (Å²) in [6.07, 6.45) is 0. The Labute approximate surface area is 116 Å². The second kappa shape index (κ2) is 6.22. The fourth-order valence-corrected chi connectivity index (χ4v) is 1.81. The van der Waals surface area contributed by atoms with E-state index in [1.165, 1.54) is 6.07 Å². The summed E-state index contributed by atoms with van der Waals surface area (Å²) in [7, 11) is 0. The third-order valence-electron chi connectivity index (χ3n) is 2.56.